The van der Waals surface area contributed by atoms with Gasteiger partial charge in [-0.15, -0.1) is 11.8 Å². The van der Waals surface area contributed by atoms with Crippen LogP contribution in [0.4, 0.5) is 5.95 Å². The van der Waals surface area contributed by atoms with Gasteiger partial charge in [0.25, 0.3) is 0 Å². The number of nitrogens with zero attached hydrogens (tertiary/aromatic N) is 2. The second kappa shape index (κ2) is 3.50. The van der Waals surface area contributed by atoms with E-state index in [1.54, 1.807) is 0 Å². The molecule has 0 fully saturated rings. The van der Waals surface area contributed by atoms with Crippen LogP contribution in [0, 0.1) is 0 Å². The molecule has 1 aromatic carbocycles. The maximum atomic E-state index is 5.53. The van der Waals surface area contributed by atoms with Gasteiger partial charge in [0.1, 0.15) is 5.01 Å². The van der Waals surface area contributed by atoms with E-state index in [1.807, 2.05) is 11.8 Å². The van der Waals surface area contributed by atoms with Gasteiger partial charge < -0.3 is 5.73 Å². The van der Waals surface area contributed by atoms with Gasteiger partial charge in [0.05, 0.1) is 5.25 Å². The number of hydrogen-bond donors (Lipinski definition) is 1. The first kappa shape index (κ1) is 9.18. The Morgan fingerprint density at radius 1 is 1.33 bits per heavy atom. The number of nitrogens with two attached hydrogens (primary N) is 1. The van der Waals surface area contributed by atoms with Crippen molar-refractivity contribution in [3.63, 3.8) is 0 Å². The van der Waals surface area contributed by atoms with Crippen molar-refractivity contribution in [1.29, 1.82) is 0 Å². The lowest BCUT2D eigenvalue weighted by atomic mass is 10.1. The van der Waals surface area contributed by atoms with Crippen LogP contribution in [0.15, 0.2) is 29.2 Å². The highest BCUT2D eigenvalue weighted by atomic mass is 32.2. The van der Waals surface area contributed by atoms with Crippen LogP contribution in [-0.4, -0.2) is 9.36 Å². The van der Waals surface area contributed by atoms with Crippen LogP contribution in [0.1, 0.15) is 15.8 Å². The first-order chi connectivity index (χ1) is 7.33. The molecule has 1 unspecified atom stereocenters. The van der Waals surface area contributed by atoms with Crippen molar-refractivity contribution in [2.75, 3.05) is 5.73 Å². The van der Waals surface area contributed by atoms with Crippen molar-refractivity contribution in [1.82, 2.24) is 9.36 Å². The lowest BCUT2D eigenvalue weighted by molar-refractivity contribution is 0.935. The maximum Gasteiger partial charge on any atom is 0.232 e. The van der Waals surface area contributed by atoms with Gasteiger partial charge >= 0.3 is 0 Å². The van der Waals surface area contributed by atoms with Crippen LogP contribution in [0.3, 0.4) is 0 Å². The van der Waals surface area contributed by atoms with Gasteiger partial charge in [0.15, 0.2) is 0 Å². The summed E-state index contributed by atoms with van der Waals surface area (Å²) in [5.41, 5.74) is 6.93. The first-order valence-electron chi connectivity index (χ1n) is 4.66. The molecule has 3 rings (SSSR count). The van der Waals surface area contributed by atoms with Crippen molar-refractivity contribution < 1.29 is 0 Å². The van der Waals surface area contributed by atoms with E-state index in [4.69, 9.17) is 5.73 Å². The molecule has 0 aliphatic carbocycles. The van der Waals surface area contributed by atoms with Gasteiger partial charge in [0.2, 0.25) is 5.95 Å². The largest absolute Gasteiger partial charge is 0.367 e. The molecule has 0 saturated carbocycles. The van der Waals surface area contributed by atoms with Gasteiger partial charge in [0, 0.05) is 4.90 Å². The van der Waals surface area contributed by atoms with Crippen LogP contribution in [-0.2, 0) is 6.42 Å². The number of aromatic nitrogens is 2. The Bertz CT molecular complexity index is 470. The number of rotatable bonds is 1. The average Bonchev–Trinajstić information content (AvgIpc) is 2.82. The molecule has 76 valence electrons. The third kappa shape index (κ3) is 1.61. The van der Waals surface area contributed by atoms with E-state index in [0.29, 0.717) is 11.2 Å². The highest BCUT2D eigenvalue weighted by molar-refractivity contribution is 8.00. The monoisotopic (exact) mass is 235 g/mol. The number of anilines is 1. The minimum atomic E-state index is 0.395. The van der Waals surface area contributed by atoms with E-state index in [0.717, 1.165) is 11.4 Å². The minimum Gasteiger partial charge on any atom is -0.367 e. The molecule has 1 aliphatic rings. The molecule has 1 aromatic heterocycles. The Morgan fingerprint density at radius 2 is 2.20 bits per heavy atom. The molecule has 1 atom stereocenters. The molecule has 2 aromatic rings. The zero-order valence-corrected chi connectivity index (χ0v) is 9.52. The zero-order valence-electron chi connectivity index (χ0n) is 7.88. The molecule has 1 aliphatic heterocycles. The second-order valence-electron chi connectivity index (χ2n) is 3.41. The lowest BCUT2D eigenvalue weighted by Crippen LogP contribution is -1.92. The zero-order chi connectivity index (χ0) is 10.3. The van der Waals surface area contributed by atoms with Gasteiger partial charge in [-0.1, -0.05) is 18.2 Å². The summed E-state index contributed by atoms with van der Waals surface area (Å²) in [5.74, 6) is 0.395. The van der Waals surface area contributed by atoms with Crippen molar-refractivity contribution >= 4 is 29.2 Å². The number of nitrogen functional groups attached to an aromatic ring is 1. The Kier molecular flexibility index (Phi) is 2.14. The fourth-order valence-electron chi connectivity index (χ4n) is 1.70. The topological polar surface area (TPSA) is 51.8 Å². The highest BCUT2D eigenvalue weighted by Crippen LogP contribution is 2.46. The molecule has 2 heterocycles. The Labute approximate surface area is 95.9 Å². The van der Waals surface area contributed by atoms with E-state index >= 15 is 0 Å². The first-order valence-corrected chi connectivity index (χ1v) is 6.32. The van der Waals surface area contributed by atoms with E-state index in [2.05, 4.69) is 33.6 Å². The molecule has 0 radical (unpaired) electrons. The molecule has 2 N–H and O–H groups in total. The fourth-order valence-corrected chi connectivity index (χ4v) is 3.72. The van der Waals surface area contributed by atoms with Crippen LogP contribution in [0.2, 0.25) is 0 Å². The highest BCUT2D eigenvalue weighted by Gasteiger charge is 2.25. The third-order valence-corrected chi connectivity index (χ3v) is 4.70. The normalized spacial score (nSPS) is 19.1. The summed E-state index contributed by atoms with van der Waals surface area (Å²) in [6.07, 6.45) is 1.04. The van der Waals surface area contributed by atoms with E-state index in [-0.39, 0.29) is 0 Å². The Hall–Kier alpha value is -1.07. The SMILES string of the molecule is Nc1nsc(C2Cc3ccccc3S2)n1. The number of benzene rings is 1. The molecule has 0 spiro atoms. The summed E-state index contributed by atoms with van der Waals surface area (Å²) in [6, 6.07) is 8.48. The molecule has 3 nitrogen and oxygen atoms in total. The van der Waals surface area contributed by atoms with E-state index in [1.165, 1.54) is 22.0 Å². The average molecular weight is 235 g/mol. The molecular formula is C10H9N3S2. The summed E-state index contributed by atoms with van der Waals surface area (Å²) in [6.45, 7) is 0. The lowest BCUT2D eigenvalue weighted by Gasteiger charge is -2.00. The quantitative estimate of drug-likeness (QED) is 0.825. The molecule has 0 amide bonds. The Morgan fingerprint density at radius 3 is 2.93 bits per heavy atom. The van der Waals surface area contributed by atoms with Gasteiger partial charge in [-0.3, -0.25) is 0 Å². The van der Waals surface area contributed by atoms with Crippen LogP contribution < -0.4 is 5.73 Å². The Balaban J connectivity index is 1.90. The van der Waals surface area contributed by atoms with E-state index in [9.17, 15) is 0 Å². The van der Waals surface area contributed by atoms with E-state index < -0.39 is 0 Å². The maximum absolute atomic E-state index is 5.53. The van der Waals surface area contributed by atoms with Gasteiger partial charge in [-0.25, -0.2) is 4.98 Å². The van der Waals surface area contributed by atoms with Crippen molar-refractivity contribution in [3.8, 4) is 0 Å². The summed E-state index contributed by atoms with van der Waals surface area (Å²) >= 11 is 3.27. The molecule has 0 saturated heterocycles. The fraction of sp³-hybridized carbons (Fsp3) is 0.200. The smallest absolute Gasteiger partial charge is 0.232 e. The molecule has 15 heavy (non-hydrogen) atoms. The van der Waals surface area contributed by atoms with Crippen molar-refractivity contribution in [2.45, 2.75) is 16.6 Å². The van der Waals surface area contributed by atoms with Crippen molar-refractivity contribution in [2.24, 2.45) is 0 Å². The van der Waals surface area contributed by atoms with Crippen LogP contribution in [0.25, 0.3) is 0 Å². The van der Waals surface area contributed by atoms with Crippen LogP contribution in [0.5, 0.6) is 0 Å². The number of fused-ring (bicyclic) bond motifs is 1. The van der Waals surface area contributed by atoms with Crippen LogP contribution >= 0.6 is 23.3 Å². The summed E-state index contributed by atoms with van der Waals surface area (Å²) in [5, 5.41) is 1.44. The number of hydrogen-bond acceptors (Lipinski definition) is 5. The third-order valence-electron chi connectivity index (χ3n) is 2.38. The number of thioether (sulfide) groups is 1. The molecule has 0 bridgehead atoms. The summed E-state index contributed by atoms with van der Waals surface area (Å²) < 4.78 is 4.02. The van der Waals surface area contributed by atoms with Gasteiger partial charge in [-0.2, -0.15) is 4.37 Å². The molecular weight excluding hydrogens is 226 g/mol. The summed E-state index contributed by atoms with van der Waals surface area (Å²) in [7, 11) is 0. The predicted octanol–water partition coefficient (Wildman–Crippen LogP) is 2.51. The minimum absolute atomic E-state index is 0.395. The molecule has 5 heteroatoms. The standard InChI is InChI=1S/C10H9N3S2/c11-10-12-9(15-13-10)8-5-6-3-1-2-4-7(6)14-8/h1-4,8H,5H2,(H2,11,13). The predicted molar refractivity (Wildman–Crippen MR) is 63.1 cm³/mol. The van der Waals surface area contributed by atoms with Gasteiger partial charge in [-0.05, 0) is 29.6 Å². The summed E-state index contributed by atoms with van der Waals surface area (Å²) in [4.78, 5) is 5.60. The second-order valence-corrected chi connectivity index (χ2v) is 5.44. The van der Waals surface area contributed by atoms with Crippen molar-refractivity contribution in [3.05, 3.63) is 34.8 Å².